The molecule has 2 rings (SSSR count). The van der Waals surface area contributed by atoms with Gasteiger partial charge in [-0.2, -0.15) is 26.3 Å². The standard InChI is InChI=1S/C17H14F6O2/c1-10-3-8-14(25-2)13(9-10)15(24,17(21,22)23)11-4-6-12(7-5-11)16(18,19)20/h3-9,24H,1-2H3. The van der Waals surface area contributed by atoms with Crippen LogP contribution in [0.5, 0.6) is 5.75 Å². The maximum absolute atomic E-state index is 13.7. The summed E-state index contributed by atoms with van der Waals surface area (Å²) in [5.74, 6) is -0.231. The van der Waals surface area contributed by atoms with Gasteiger partial charge < -0.3 is 9.84 Å². The Morgan fingerprint density at radius 3 is 1.80 bits per heavy atom. The van der Waals surface area contributed by atoms with Crippen molar-refractivity contribution >= 4 is 0 Å². The molecule has 1 atom stereocenters. The van der Waals surface area contributed by atoms with E-state index in [-0.39, 0.29) is 5.75 Å². The lowest BCUT2D eigenvalue weighted by molar-refractivity contribution is -0.248. The second kappa shape index (κ2) is 6.25. The van der Waals surface area contributed by atoms with Crippen molar-refractivity contribution in [3.8, 4) is 5.75 Å². The molecule has 0 amide bonds. The summed E-state index contributed by atoms with van der Waals surface area (Å²) in [6.07, 6.45) is -9.89. The summed E-state index contributed by atoms with van der Waals surface area (Å²) in [6.45, 7) is 1.52. The van der Waals surface area contributed by atoms with Crippen LogP contribution in [0.15, 0.2) is 42.5 Å². The van der Waals surface area contributed by atoms with Crippen LogP contribution in [0.2, 0.25) is 0 Å². The smallest absolute Gasteiger partial charge is 0.425 e. The highest BCUT2D eigenvalue weighted by atomic mass is 19.4. The van der Waals surface area contributed by atoms with E-state index in [1.807, 2.05) is 0 Å². The Morgan fingerprint density at radius 1 is 0.840 bits per heavy atom. The molecule has 0 heterocycles. The molecule has 136 valence electrons. The lowest BCUT2D eigenvalue weighted by Gasteiger charge is -2.33. The van der Waals surface area contributed by atoms with Crippen molar-refractivity contribution in [1.82, 2.24) is 0 Å². The molecule has 1 N–H and O–H groups in total. The molecule has 0 saturated carbocycles. The van der Waals surface area contributed by atoms with E-state index in [0.29, 0.717) is 29.8 Å². The Bertz CT molecular complexity index is 749. The summed E-state index contributed by atoms with van der Waals surface area (Å²) in [4.78, 5) is 0. The van der Waals surface area contributed by atoms with Crippen LogP contribution in [0.25, 0.3) is 0 Å². The van der Waals surface area contributed by atoms with Gasteiger partial charge in [0.2, 0.25) is 5.60 Å². The molecule has 0 aliphatic rings. The van der Waals surface area contributed by atoms with E-state index in [9.17, 15) is 31.4 Å². The van der Waals surface area contributed by atoms with Crippen LogP contribution in [0.3, 0.4) is 0 Å². The normalized spacial score (nSPS) is 14.9. The van der Waals surface area contributed by atoms with Gasteiger partial charge in [-0.15, -0.1) is 0 Å². The number of ether oxygens (including phenoxy) is 1. The number of aliphatic hydroxyl groups is 1. The van der Waals surface area contributed by atoms with E-state index in [4.69, 9.17) is 4.74 Å². The third-order valence-corrected chi connectivity index (χ3v) is 3.79. The zero-order valence-electron chi connectivity index (χ0n) is 13.2. The minimum absolute atomic E-state index is 0.231. The van der Waals surface area contributed by atoms with Gasteiger partial charge in [0.05, 0.1) is 12.7 Å². The maximum atomic E-state index is 13.7. The summed E-state index contributed by atoms with van der Waals surface area (Å²) in [5, 5.41) is 10.5. The summed E-state index contributed by atoms with van der Waals surface area (Å²) in [7, 11) is 1.14. The van der Waals surface area contributed by atoms with Crippen LogP contribution in [-0.4, -0.2) is 18.4 Å². The fraction of sp³-hybridized carbons (Fsp3) is 0.294. The molecule has 0 aliphatic heterocycles. The zero-order valence-corrected chi connectivity index (χ0v) is 13.2. The van der Waals surface area contributed by atoms with Crippen molar-refractivity contribution in [2.24, 2.45) is 0 Å². The fourth-order valence-electron chi connectivity index (χ4n) is 2.48. The first kappa shape index (κ1) is 19.1. The van der Waals surface area contributed by atoms with Crippen LogP contribution >= 0.6 is 0 Å². The first-order valence-electron chi connectivity index (χ1n) is 7.03. The number of hydrogen-bond acceptors (Lipinski definition) is 2. The maximum Gasteiger partial charge on any atom is 0.425 e. The third-order valence-electron chi connectivity index (χ3n) is 3.79. The molecule has 0 aromatic heterocycles. The topological polar surface area (TPSA) is 29.5 Å². The van der Waals surface area contributed by atoms with Crippen molar-refractivity contribution in [3.63, 3.8) is 0 Å². The molecule has 0 fully saturated rings. The summed E-state index contributed by atoms with van der Waals surface area (Å²) >= 11 is 0. The predicted octanol–water partition coefficient (Wildman–Crippen LogP) is 4.82. The lowest BCUT2D eigenvalue weighted by atomic mass is 9.84. The van der Waals surface area contributed by atoms with E-state index in [0.717, 1.165) is 13.2 Å². The van der Waals surface area contributed by atoms with Gasteiger partial charge >= 0.3 is 12.4 Å². The van der Waals surface area contributed by atoms with Crippen molar-refractivity contribution < 1.29 is 36.2 Å². The van der Waals surface area contributed by atoms with Gasteiger partial charge in [0.25, 0.3) is 0 Å². The molecule has 2 aromatic rings. The number of methoxy groups -OCH3 is 1. The van der Waals surface area contributed by atoms with Gasteiger partial charge in [-0.3, -0.25) is 0 Å². The highest BCUT2D eigenvalue weighted by Crippen LogP contribution is 2.47. The van der Waals surface area contributed by atoms with E-state index in [1.54, 1.807) is 0 Å². The minimum atomic E-state index is -5.19. The predicted molar refractivity (Wildman–Crippen MR) is 78.2 cm³/mol. The summed E-state index contributed by atoms with van der Waals surface area (Å²) in [6, 6.07) is 6.04. The van der Waals surface area contributed by atoms with Crippen LogP contribution in [0, 0.1) is 6.92 Å². The zero-order chi connectivity index (χ0) is 19.0. The molecule has 8 heteroatoms. The summed E-state index contributed by atoms with van der Waals surface area (Å²) < 4.78 is 84.0. The average Bonchev–Trinajstić information content (AvgIpc) is 2.52. The van der Waals surface area contributed by atoms with Crippen LogP contribution in [0.4, 0.5) is 26.3 Å². The van der Waals surface area contributed by atoms with Gasteiger partial charge in [-0.25, -0.2) is 0 Å². The Hall–Kier alpha value is -2.22. The van der Waals surface area contributed by atoms with Gasteiger partial charge in [0.15, 0.2) is 0 Å². The quantitative estimate of drug-likeness (QED) is 0.792. The molecule has 0 bridgehead atoms. The molecular formula is C17H14F6O2. The first-order chi connectivity index (χ1) is 11.4. The number of hydrogen-bond donors (Lipinski definition) is 1. The molecule has 0 radical (unpaired) electrons. The van der Waals surface area contributed by atoms with Gasteiger partial charge in [0, 0.05) is 5.56 Å². The number of halogens is 6. The minimum Gasteiger partial charge on any atom is -0.496 e. The lowest BCUT2D eigenvalue weighted by Crippen LogP contribution is -2.43. The highest BCUT2D eigenvalue weighted by molar-refractivity contribution is 5.48. The van der Waals surface area contributed by atoms with Crippen LogP contribution in [0.1, 0.15) is 22.3 Å². The monoisotopic (exact) mass is 364 g/mol. The van der Waals surface area contributed by atoms with E-state index < -0.39 is 34.6 Å². The molecular weight excluding hydrogens is 350 g/mol. The second-order valence-corrected chi connectivity index (χ2v) is 5.49. The van der Waals surface area contributed by atoms with E-state index >= 15 is 0 Å². The molecule has 0 saturated heterocycles. The van der Waals surface area contributed by atoms with Crippen molar-refractivity contribution in [2.75, 3.05) is 7.11 Å². The molecule has 2 nitrogen and oxygen atoms in total. The van der Waals surface area contributed by atoms with Crippen molar-refractivity contribution in [1.29, 1.82) is 0 Å². The molecule has 0 aliphatic carbocycles. The van der Waals surface area contributed by atoms with Crippen LogP contribution < -0.4 is 4.74 Å². The SMILES string of the molecule is COc1ccc(C)cc1C(O)(c1ccc(C(F)(F)F)cc1)C(F)(F)F. The van der Waals surface area contributed by atoms with Gasteiger partial charge in [-0.1, -0.05) is 23.8 Å². The van der Waals surface area contributed by atoms with E-state index in [2.05, 4.69) is 0 Å². The largest absolute Gasteiger partial charge is 0.496 e. The number of benzene rings is 2. The average molecular weight is 364 g/mol. The Labute approximate surface area is 139 Å². The number of aryl methyl sites for hydroxylation is 1. The molecule has 25 heavy (non-hydrogen) atoms. The Balaban J connectivity index is 2.70. The highest BCUT2D eigenvalue weighted by Gasteiger charge is 2.57. The Kier molecular flexibility index (Phi) is 4.78. The van der Waals surface area contributed by atoms with Crippen LogP contribution in [-0.2, 0) is 11.8 Å². The fourth-order valence-corrected chi connectivity index (χ4v) is 2.48. The van der Waals surface area contributed by atoms with Crippen molar-refractivity contribution in [3.05, 3.63) is 64.7 Å². The van der Waals surface area contributed by atoms with Gasteiger partial charge in [0.1, 0.15) is 5.75 Å². The van der Waals surface area contributed by atoms with E-state index in [1.165, 1.54) is 19.1 Å². The van der Waals surface area contributed by atoms with Gasteiger partial charge in [-0.05, 0) is 36.8 Å². The molecule has 0 spiro atoms. The molecule has 1 unspecified atom stereocenters. The third kappa shape index (κ3) is 3.44. The summed E-state index contributed by atoms with van der Waals surface area (Å²) in [5.41, 5.74) is -5.55. The second-order valence-electron chi connectivity index (χ2n) is 5.49. The number of alkyl halides is 6. The first-order valence-corrected chi connectivity index (χ1v) is 7.03. The number of rotatable bonds is 3. The van der Waals surface area contributed by atoms with Crippen molar-refractivity contribution in [2.45, 2.75) is 24.9 Å². The molecule has 2 aromatic carbocycles. The Morgan fingerprint density at radius 2 is 1.36 bits per heavy atom.